The summed E-state index contributed by atoms with van der Waals surface area (Å²) in [6, 6.07) is 10.5. The highest BCUT2D eigenvalue weighted by Gasteiger charge is 2.61. The van der Waals surface area contributed by atoms with E-state index in [2.05, 4.69) is 98.9 Å². The van der Waals surface area contributed by atoms with Gasteiger partial charge in [-0.1, -0.05) is 109 Å². The minimum absolute atomic E-state index is 0.00382. The predicted molar refractivity (Wildman–Crippen MR) is 187 cm³/mol. The molecule has 44 heavy (non-hydrogen) atoms. The van der Waals surface area contributed by atoms with Crippen LogP contribution >= 0.6 is 0 Å². The average Bonchev–Trinajstić information content (AvgIpc) is 3.33. The Kier molecular flexibility index (Phi) is 11.6. The highest BCUT2D eigenvalue weighted by molar-refractivity contribution is 5.92. The minimum atomic E-state index is -0.145. The first-order valence-electron chi connectivity index (χ1n) is 18.0. The molecule has 3 saturated carbocycles. The Morgan fingerprint density at radius 1 is 0.977 bits per heavy atom. The molecule has 2 nitrogen and oxygen atoms in total. The summed E-state index contributed by atoms with van der Waals surface area (Å²) in [5, 5.41) is 0. The van der Waals surface area contributed by atoms with Gasteiger partial charge in [0.05, 0.1) is 12.7 Å². The third kappa shape index (κ3) is 7.22. The second kappa shape index (κ2) is 14.7. The molecule has 0 amide bonds. The fourth-order valence-corrected chi connectivity index (χ4v) is 10.8. The predicted octanol–water partition coefficient (Wildman–Crippen LogP) is 11.6. The molecule has 4 rings (SSSR count). The zero-order valence-corrected chi connectivity index (χ0v) is 29.6. The van der Waals surface area contributed by atoms with Crippen molar-refractivity contribution in [1.29, 1.82) is 0 Å². The molecular weight excluding hydrogens is 536 g/mol. The lowest BCUT2D eigenvalue weighted by Gasteiger charge is -2.59. The first-order valence-corrected chi connectivity index (χ1v) is 18.0. The highest BCUT2D eigenvalue weighted by Crippen LogP contribution is 2.67. The summed E-state index contributed by atoms with van der Waals surface area (Å²) in [5.74, 6) is 4.67. The number of hydrogen-bond donors (Lipinski definition) is 0. The molecule has 0 unspecified atom stereocenters. The molecule has 0 spiro atoms. The van der Waals surface area contributed by atoms with Crippen molar-refractivity contribution in [1.82, 2.24) is 0 Å². The van der Waals surface area contributed by atoms with E-state index in [9.17, 15) is 4.79 Å². The van der Waals surface area contributed by atoms with Gasteiger partial charge in [0.25, 0.3) is 0 Å². The number of carbonyl (C=O) groups excluding carboxylic acids is 1. The van der Waals surface area contributed by atoms with Gasteiger partial charge in [-0.05, 0) is 129 Å². The zero-order valence-electron chi connectivity index (χ0n) is 29.6. The SMILES string of the molecule is C=CC(=O)[C@@H]1CC[C@@H]2[C@H](CC[C@]3(C)[C@@H]([C@H](C)CCCC(C)C)CC[C@@H]23)[C@@]1(C)C[C@H](OCc1ccccc1)C(C(=C)C)=C(C)C. The molecule has 0 aromatic heterocycles. The van der Waals surface area contributed by atoms with Crippen LogP contribution < -0.4 is 0 Å². The van der Waals surface area contributed by atoms with Crippen LogP contribution in [-0.2, 0) is 16.1 Å². The van der Waals surface area contributed by atoms with Gasteiger partial charge in [-0.15, -0.1) is 0 Å². The molecule has 1 aromatic carbocycles. The smallest absolute Gasteiger partial charge is 0.158 e. The zero-order chi connectivity index (χ0) is 32.2. The Labute approximate surface area is 271 Å². The average molecular weight is 601 g/mol. The van der Waals surface area contributed by atoms with Crippen LogP contribution in [0.25, 0.3) is 0 Å². The molecule has 0 aliphatic heterocycles. The van der Waals surface area contributed by atoms with Crippen molar-refractivity contribution in [3.63, 3.8) is 0 Å². The van der Waals surface area contributed by atoms with Crippen molar-refractivity contribution in [3.8, 4) is 0 Å². The molecule has 0 heterocycles. The molecule has 244 valence electrons. The highest BCUT2D eigenvalue weighted by atomic mass is 16.5. The number of fused-ring (bicyclic) bond motifs is 3. The van der Waals surface area contributed by atoms with Crippen LogP contribution in [0.4, 0.5) is 0 Å². The Morgan fingerprint density at radius 2 is 1.68 bits per heavy atom. The molecule has 2 heteroatoms. The summed E-state index contributed by atoms with van der Waals surface area (Å²) in [5.41, 5.74) is 5.04. The van der Waals surface area contributed by atoms with Crippen molar-refractivity contribution in [2.45, 2.75) is 132 Å². The van der Waals surface area contributed by atoms with Crippen molar-refractivity contribution in [2.24, 2.45) is 52.3 Å². The van der Waals surface area contributed by atoms with Gasteiger partial charge in [-0.2, -0.15) is 0 Å². The number of ketones is 1. The van der Waals surface area contributed by atoms with Crippen LogP contribution in [0, 0.1) is 52.3 Å². The van der Waals surface area contributed by atoms with Gasteiger partial charge in [-0.25, -0.2) is 0 Å². The van der Waals surface area contributed by atoms with Crippen LogP contribution in [0.15, 0.2) is 66.3 Å². The monoisotopic (exact) mass is 600 g/mol. The lowest BCUT2D eigenvalue weighted by molar-refractivity contribution is -0.143. The molecule has 0 saturated heterocycles. The van der Waals surface area contributed by atoms with Gasteiger partial charge in [0.1, 0.15) is 0 Å². The second-order valence-corrected chi connectivity index (χ2v) is 16.3. The van der Waals surface area contributed by atoms with E-state index in [4.69, 9.17) is 4.74 Å². The summed E-state index contributed by atoms with van der Waals surface area (Å²) in [6.07, 6.45) is 13.9. The summed E-state index contributed by atoms with van der Waals surface area (Å²) >= 11 is 0. The van der Waals surface area contributed by atoms with Crippen LogP contribution in [-0.4, -0.2) is 11.9 Å². The quantitative estimate of drug-likeness (QED) is 0.157. The number of ether oxygens (including phenoxy) is 1. The third-order valence-electron chi connectivity index (χ3n) is 12.9. The summed E-state index contributed by atoms with van der Waals surface area (Å²) < 4.78 is 6.88. The van der Waals surface area contributed by atoms with Crippen molar-refractivity contribution < 1.29 is 9.53 Å². The third-order valence-corrected chi connectivity index (χ3v) is 12.9. The summed E-state index contributed by atoms with van der Waals surface area (Å²) in [4.78, 5) is 13.6. The Balaban J connectivity index is 1.64. The summed E-state index contributed by atoms with van der Waals surface area (Å²) in [6.45, 7) is 27.8. The minimum Gasteiger partial charge on any atom is -0.369 e. The Hall–Kier alpha value is -1.93. The maximum absolute atomic E-state index is 13.6. The van der Waals surface area contributed by atoms with E-state index in [0.29, 0.717) is 23.9 Å². The van der Waals surface area contributed by atoms with Crippen molar-refractivity contribution in [2.75, 3.05) is 0 Å². The van der Waals surface area contributed by atoms with E-state index < -0.39 is 0 Å². The fourth-order valence-electron chi connectivity index (χ4n) is 10.8. The van der Waals surface area contributed by atoms with E-state index in [1.54, 1.807) is 6.08 Å². The van der Waals surface area contributed by atoms with E-state index in [1.807, 2.05) is 0 Å². The number of carbonyl (C=O) groups is 1. The maximum atomic E-state index is 13.6. The van der Waals surface area contributed by atoms with Crippen LogP contribution in [0.2, 0.25) is 0 Å². The number of rotatable bonds is 14. The summed E-state index contributed by atoms with van der Waals surface area (Å²) in [7, 11) is 0. The van der Waals surface area contributed by atoms with Gasteiger partial charge >= 0.3 is 0 Å². The lowest BCUT2D eigenvalue weighted by atomic mass is 9.45. The van der Waals surface area contributed by atoms with Gasteiger partial charge in [0.2, 0.25) is 0 Å². The van der Waals surface area contributed by atoms with Gasteiger partial charge in [0.15, 0.2) is 5.78 Å². The van der Waals surface area contributed by atoms with E-state index in [0.717, 1.165) is 42.1 Å². The Morgan fingerprint density at radius 3 is 2.30 bits per heavy atom. The van der Waals surface area contributed by atoms with E-state index in [1.165, 1.54) is 68.1 Å². The van der Waals surface area contributed by atoms with Crippen LogP contribution in [0.3, 0.4) is 0 Å². The fraction of sp³-hybridized carbons (Fsp3) is 0.690. The van der Waals surface area contributed by atoms with E-state index >= 15 is 0 Å². The lowest BCUT2D eigenvalue weighted by Crippen LogP contribution is -2.54. The molecule has 0 bridgehead atoms. The molecule has 1 aromatic rings. The normalized spacial score (nSPS) is 32.8. The largest absolute Gasteiger partial charge is 0.369 e. The maximum Gasteiger partial charge on any atom is 0.158 e. The number of benzene rings is 1. The van der Waals surface area contributed by atoms with E-state index in [-0.39, 0.29) is 23.2 Å². The first kappa shape index (κ1) is 34.9. The molecule has 3 aliphatic carbocycles. The molecular formula is C42H64O2. The number of hydrogen-bond acceptors (Lipinski definition) is 2. The van der Waals surface area contributed by atoms with Crippen molar-refractivity contribution >= 4 is 5.78 Å². The standard InChI is InChI=1S/C42H64O2/c1-11-38(43)37-21-20-33-35-23-22-34(31(8)17-15-16-28(2)3)41(35,9)25-24-36(33)42(37,10)26-39(40(29(4)5)30(6)7)44-27-32-18-13-12-14-19-32/h11-14,18-19,28,31,33-37,39H,1,4,15-17,20-27H2,2-3,5-10H3/t31-,33+,34-,35+,36+,37+,39+,41-,42-/m1/s1. The second-order valence-electron chi connectivity index (χ2n) is 16.3. The topological polar surface area (TPSA) is 26.3 Å². The molecule has 9 atom stereocenters. The van der Waals surface area contributed by atoms with Gasteiger partial charge < -0.3 is 4.74 Å². The molecule has 3 fully saturated rings. The number of allylic oxidation sites excluding steroid dienone is 2. The van der Waals surface area contributed by atoms with Gasteiger partial charge in [0, 0.05) is 5.92 Å². The molecule has 0 N–H and O–H groups in total. The van der Waals surface area contributed by atoms with Crippen LogP contribution in [0.1, 0.15) is 125 Å². The molecule has 0 radical (unpaired) electrons. The van der Waals surface area contributed by atoms with Crippen LogP contribution in [0.5, 0.6) is 0 Å². The van der Waals surface area contributed by atoms with Crippen molar-refractivity contribution in [3.05, 3.63) is 71.8 Å². The molecule has 3 aliphatic rings. The van der Waals surface area contributed by atoms with Gasteiger partial charge in [-0.3, -0.25) is 4.79 Å². The Bertz CT molecular complexity index is 1170. The first-order chi connectivity index (χ1) is 20.8.